The fourth-order valence-corrected chi connectivity index (χ4v) is 3.05. The number of hydrogen-bond acceptors (Lipinski definition) is 2. The van der Waals surface area contributed by atoms with Crippen molar-refractivity contribution in [2.45, 2.75) is 32.0 Å². The molecule has 1 unspecified atom stereocenters. The molecule has 0 N–H and O–H groups in total. The third-order valence-electron chi connectivity index (χ3n) is 4.08. The molecule has 1 aliphatic rings. The highest BCUT2D eigenvalue weighted by Gasteiger charge is 2.19. The average molecular weight is 317 g/mol. The highest BCUT2D eigenvalue weighted by atomic mass is 19.1. The van der Waals surface area contributed by atoms with Crippen LogP contribution in [0.5, 0.6) is 0 Å². The van der Waals surface area contributed by atoms with Gasteiger partial charge in [-0.3, -0.25) is 4.90 Å². The first-order valence-corrected chi connectivity index (χ1v) is 8.02. The largest absolute Gasteiger partial charge is 0.377 e. The topological polar surface area (TPSA) is 12.5 Å². The lowest BCUT2D eigenvalue weighted by molar-refractivity contribution is 0.0678. The van der Waals surface area contributed by atoms with Crippen LogP contribution in [-0.4, -0.2) is 24.2 Å². The molecule has 0 saturated carbocycles. The van der Waals surface area contributed by atoms with E-state index in [1.54, 1.807) is 24.3 Å². The highest BCUT2D eigenvalue weighted by molar-refractivity contribution is 5.18. The molecule has 3 rings (SSSR count). The van der Waals surface area contributed by atoms with Gasteiger partial charge in [-0.2, -0.15) is 0 Å². The highest BCUT2D eigenvalue weighted by Crippen LogP contribution is 2.18. The lowest BCUT2D eigenvalue weighted by atomic mass is 10.1. The van der Waals surface area contributed by atoms with Crippen LogP contribution < -0.4 is 0 Å². The van der Waals surface area contributed by atoms with Gasteiger partial charge in [-0.15, -0.1) is 0 Å². The molecule has 1 fully saturated rings. The zero-order chi connectivity index (χ0) is 16.1. The Morgan fingerprint density at radius 1 is 0.957 bits per heavy atom. The molecule has 2 aromatic carbocycles. The van der Waals surface area contributed by atoms with E-state index in [0.717, 1.165) is 37.1 Å². The van der Waals surface area contributed by atoms with E-state index >= 15 is 0 Å². The van der Waals surface area contributed by atoms with E-state index < -0.39 is 0 Å². The zero-order valence-corrected chi connectivity index (χ0v) is 13.1. The summed E-state index contributed by atoms with van der Waals surface area (Å²) in [6.45, 7) is 2.81. The minimum atomic E-state index is -0.231. The molecule has 2 aromatic rings. The number of rotatable bonds is 6. The van der Waals surface area contributed by atoms with E-state index in [1.807, 2.05) is 12.1 Å². The Bertz CT molecular complexity index is 593. The fraction of sp³-hybridized carbons (Fsp3) is 0.368. The Labute approximate surface area is 135 Å². The van der Waals surface area contributed by atoms with Crippen molar-refractivity contribution in [3.8, 4) is 0 Å². The van der Waals surface area contributed by atoms with Gasteiger partial charge in [0.05, 0.1) is 6.10 Å². The first kappa shape index (κ1) is 16.1. The second kappa shape index (κ2) is 7.66. The molecule has 1 atom stereocenters. The summed E-state index contributed by atoms with van der Waals surface area (Å²) in [6.07, 6.45) is 2.33. The van der Waals surface area contributed by atoms with Gasteiger partial charge in [0.15, 0.2) is 0 Å². The third kappa shape index (κ3) is 4.85. The number of nitrogens with zero attached hydrogens (tertiary/aromatic N) is 1. The summed E-state index contributed by atoms with van der Waals surface area (Å²) in [4.78, 5) is 2.19. The van der Waals surface area contributed by atoms with E-state index in [4.69, 9.17) is 4.74 Å². The Morgan fingerprint density at radius 2 is 1.57 bits per heavy atom. The van der Waals surface area contributed by atoms with E-state index in [0.29, 0.717) is 13.1 Å². The number of ether oxygens (including phenoxy) is 1. The maximum Gasteiger partial charge on any atom is 0.123 e. The molecule has 0 bridgehead atoms. The molecule has 23 heavy (non-hydrogen) atoms. The summed E-state index contributed by atoms with van der Waals surface area (Å²) in [5.41, 5.74) is 1.83. The Hall–Kier alpha value is -1.78. The Balaban J connectivity index is 1.72. The lowest BCUT2D eigenvalue weighted by Crippen LogP contribution is -2.31. The summed E-state index contributed by atoms with van der Waals surface area (Å²) in [6, 6.07) is 13.3. The minimum Gasteiger partial charge on any atom is -0.377 e. The van der Waals surface area contributed by atoms with E-state index in [1.165, 1.54) is 12.1 Å². The molecule has 0 spiro atoms. The van der Waals surface area contributed by atoms with Crippen molar-refractivity contribution in [3.05, 3.63) is 71.3 Å². The van der Waals surface area contributed by atoms with E-state index in [2.05, 4.69) is 4.90 Å². The van der Waals surface area contributed by atoms with Crippen LogP contribution in [0.25, 0.3) is 0 Å². The van der Waals surface area contributed by atoms with Crippen LogP contribution in [0.3, 0.4) is 0 Å². The van der Waals surface area contributed by atoms with Gasteiger partial charge in [0, 0.05) is 26.2 Å². The average Bonchev–Trinajstić information content (AvgIpc) is 3.00. The quantitative estimate of drug-likeness (QED) is 0.794. The molecule has 4 heteroatoms. The summed E-state index contributed by atoms with van der Waals surface area (Å²) in [7, 11) is 0. The van der Waals surface area contributed by atoms with Gasteiger partial charge in [0.1, 0.15) is 11.6 Å². The normalized spacial score (nSPS) is 17.8. The molecule has 0 radical (unpaired) electrons. The molecule has 0 amide bonds. The predicted octanol–water partition coefficient (Wildman–Crippen LogP) is 4.15. The fourth-order valence-electron chi connectivity index (χ4n) is 3.05. The standard InChI is InChI=1S/C19H21F2NO/c20-17-6-1-4-15(10-17)12-22(14-19-8-3-9-23-19)13-16-5-2-7-18(21)11-16/h1-2,4-7,10-11,19H,3,8-9,12-14H2. The molecular weight excluding hydrogens is 296 g/mol. The molecule has 0 aromatic heterocycles. The lowest BCUT2D eigenvalue weighted by Gasteiger charge is -2.25. The van der Waals surface area contributed by atoms with Crippen LogP contribution in [0.1, 0.15) is 24.0 Å². The van der Waals surface area contributed by atoms with Gasteiger partial charge < -0.3 is 4.74 Å². The summed E-state index contributed by atoms with van der Waals surface area (Å²) in [5, 5.41) is 0. The van der Waals surface area contributed by atoms with Crippen molar-refractivity contribution < 1.29 is 13.5 Å². The summed E-state index contributed by atoms with van der Waals surface area (Å²) < 4.78 is 32.5. The first-order chi connectivity index (χ1) is 11.2. The van der Waals surface area contributed by atoms with Crippen molar-refractivity contribution in [3.63, 3.8) is 0 Å². The van der Waals surface area contributed by atoms with Gasteiger partial charge in [0.25, 0.3) is 0 Å². The number of hydrogen-bond donors (Lipinski definition) is 0. The molecule has 1 heterocycles. The first-order valence-electron chi connectivity index (χ1n) is 8.02. The second-order valence-corrected chi connectivity index (χ2v) is 6.06. The molecule has 1 aliphatic heterocycles. The van der Waals surface area contributed by atoms with Gasteiger partial charge in [-0.05, 0) is 48.2 Å². The molecule has 122 valence electrons. The summed E-state index contributed by atoms with van der Waals surface area (Å²) in [5.74, 6) is -0.462. The van der Waals surface area contributed by atoms with Crippen molar-refractivity contribution in [1.29, 1.82) is 0 Å². The van der Waals surface area contributed by atoms with Crippen LogP contribution in [-0.2, 0) is 17.8 Å². The van der Waals surface area contributed by atoms with E-state index in [9.17, 15) is 8.78 Å². The van der Waals surface area contributed by atoms with Gasteiger partial charge >= 0.3 is 0 Å². The third-order valence-corrected chi connectivity index (χ3v) is 4.08. The predicted molar refractivity (Wildman–Crippen MR) is 85.9 cm³/mol. The van der Waals surface area contributed by atoms with Crippen molar-refractivity contribution >= 4 is 0 Å². The smallest absolute Gasteiger partial charge is 0.123 e. The van der Waals surface area contributed by atoms with Crippen LogP contribution >= 0.6 is 0 Å². The van der Waals surface area contributed by atoms with Crippen molar-refractivity contribution in [2.24, 2.45) is 0 Å². The SMILES string of the molecule is Fc1cccc(CN(Cc2cccc(F)c2)CC2CCCO2)c1. The maximum atomic E-state index is 13.4. The number of halogens is 2. The maximum absolute atomic E-state index is 13.4. The van der Waals surface area contributed by atoms with Gasteiger partial charge in [-0.1, -0.05) is 24.3 Å². The summed E-state index contributed by atoms with van der Waals surface area (Å²) >= 11 is 0. The van der Waals surface area contributed by atoms with Gasteiger partial charge in [0.2, 0.25) is 0 Å². The molecule has 0 aliphatic carbocycles. The number of benzene rings is 2. The minimum absolute atomic E-state index is 0.206. The van der Waals surface area contributed by atoms with Crippen molar-refractivity contribution in [2.75, 3.05) is 13.2 Å². The molecular formula is C19H21F2NO. The Morgan fingerprint density at radius 3 is 2.04 bits per heavy atom. The monoisotopic (exact) mass is 317 g/mol. The van der Waals surface area contributed by atoms with Crippen LogP contribution in [0.4, 0.5) is 8.78 Å². The second-order valence-electron chi connectivity index (χ2n) is 6.06. The zero-order valence-electron chi connectivity index (χ0n) is 13.1. The van der Waals surface area contributed by atoms with E-state index in [-0.39, 0.29) is 17.7 Å². The van der Waals surface area contributed by atoms with Gasteiger partial charge in [-0.25, -0.2) is 8.78 Å². The van der Waals surface area contributed by atoms with Crippen molar-refractivity contribution in [1.82, 2.24) is 4.90 Å². The van der Waals surface area contributed by atoms with Crippen LogP contribution in [0.15, 0.2) is 48.5 Å². The van der Waals surface area contributed by atoms with Crippen LogP contribution in [0, 0.1) is 11.6 Å². The Kier molecular flexibility index (Phi) is 5.36. The molecule has 2 nitrogen and oxygen atoms in total. The van der Waals surface area contributed by atoms with Crippen LogP contribution in [0.2, 0.25) is 0 Å². The molecule has 1 saturated heterocycles.